The maximum atomic E-state index is 14.7. The highest BCUT2D eigenvalue weighted by atomic mass is 19.2. The zero-order chi connectivity index (χ0) is 19.2. The number of benzene rings is 2. The SMILES string of the molecule is CCCc1ccc(-c2ccc(CCC3CCC(CC)CC3)c(F)c2F)cc1. The smallest absolute Gasteiger partial charge is 0.166 e. The Balaban J connectivity index is 1.66. The van der Waals surface area contributed by atoms with E-state index in [9.17, 15) is 8.78 Å². The molecule has 146 valence electrons. The summed E-state index contributed by atoms with van der Waals surface area (Å²) in [5.74, 6) is 0.178. The molecule has 2 aromatic rings. The van der Waals surface area contributed by atoms with E-state index >= 15 is 0 Å². The fourth-order valence-corrected chi connectivity index (χ4v) is 4.43. The number of hydrogen-bond acceptors (Lipinski definition) is 0. The van der Waals surface area contributed by atoms with Gasteiger partial charge in [0.15, 0.2) is 11.6 Å². The van der Waals surface area contributed by atoms with Crippen molar-refractivity contribution in [1.82, 2.24) is 0 Å². The average molecular weight is 371 g/mol. The summed E-state index contributed by atoms with van der Waals surface area (Å²) >= 11 is 0. The van der Waals surface area contributed by atoms with Gasteiger partial charge in [0, 0.05) is 5.56 Å². The quantitative estimate of drug-likeness (QED) is 0.468. The fraction of sp³-hybridized carbons (Fsp3) is 0.520. The van der Waals surface area contributed by atoms with Crippen LogP contribution in [0, 0.1) is 23.5 Å². The van der Waals surface area contributed by atoms with Gasteiger partial charge in [0.25, 0.3) is 0 Å². The van der Waals surface area contributed by atoms with Gasteiger partial charge in [0.1, 0.15) is 0 Å². The molecule has 1 fully saturated rings. The number of halogens is 2. The second-order valence-corrected chi connectivity index (χ2v) is 8.18. The van der Waals surface area contributed by atoms with E-state index in [1.54, 1.807) is 12.1 Å². The minimum absolute atomic E-state index is 0.364. The summed E-state index contributed by atoms with van der Waals surface area (Å²) in [6.45, 7) is 4.40. The van der Waals surface area contributed by atoms with Gasteiger partial charge < -0.3 is 0 Å². The summed E-state index contributed by atoms with van der Waals surface area (Å²) in [4.78, 5) is 0. The minimum Gasteiger partial charge on any atom is -0.203 e. The van der Waals surface area contributed by atoms with Gasteiger partial charge in [-0.15, -0.1) is 0 Å². The summed E-state index contributed by atoms with van der Waals surface area (Å²) in [6, 6.07) is 11.3. The summed E-state index contributed by atoms with van der Waals surface area (Å²) in [7, 11) is 0. The highest BCUT2D eigenvalue weighted by Crippen LogP contribution is 2.34. The van der Waals surface area contributed by atoms with E-state index in [0.717, 1.165) is 30.7 Å². The van der Waals surface area contributed by atoms with Gasteiger partial charge in [0.2, 0.25) is 0 Å². The zero-order valence-corrected chi connectivity index (χ0v) is 16.7. The highest BCUT2D eigenvalue weighted by Gasteiger charge is 2.21. The van der Waals surface area contributed by atoms with E-state index in [-0.39, 0.29) is 0 Å². The number of hydrogen-bond donors (Lipinski definition) is 0. The molecule has 2 heteroatoms. The molecule has 0 radical (unpaired) electrons. The Bertz CT molecular complexity index is 725. The summed E-state index contributed by atoms with van der Waals surface area (Å²) in [5.41, 5.74) is 2.87. The topological polar surface area (TPSA) is 0 Å². The standard InChI is InChI=1S/C25H32F2/c1-3-5-19-10-13-21(14-11-19)23-17-16-22(24(26)25(23)27)15-12-20-8-6-18(4-2)7-9-20/h10-11,13-14,16-18,20H,3-9,12,15H2,1-2H3. The van der Waals surface area contributed by atoms with Crippen LogP contribution in [-0.2, 0) is 12.8 Å². The molecule has 0 heterocycles. The molecule has 0 unspecified atom stereocenters. The van der Waals surface area contributed by atoms with Crippen molar-refractivity contribution in [3.05, 3.63) is 59.2 Å². The van der Waals surface area contributed by atoms with E-state index in [0.29, 0.717) is 23.5 Å². The van der Waals surface area contributed by atoms with Crippen LogP contribution in [0.3, 0.4) is 0 Å². The molecule has 0 aliphatic heterocycles. The predicted molar refractivity (Wildman–Crippen MR) is 110 cm³/mol. The van der Waals surface area contributed by atoms with Gasteiger partial charge in [-0.05, 0) is 47.8 Å². The van der Waals surface area contributed by atoms with E-state index in [1.165, 1.54) is 37.7 Å². The normalized spacial score (nSPS) is 20.0. The largest absolute Gasteiger partial charge is 0.203 e. The molecule has 0 N–H and O–H groups in total. The third-order valence-corrected chi connectivity index (χ3v) is 6.33. The van der Waals surface area contributed by atoms with Crippen LogP contribution in [0.25, 0.3) is 11.1 Å². The molecule has 2 aromatic carbocycles. The second kappa shape index (κ2) is 9.48. The monoisotopic (exact) mass is 370 g/mol. The van der Waals surface area contributed by atoms with Crippen LogP contribution in [-0.4, -0.2) is 0 Å². The molecule has 27 heavy (non-hydrogen) atoms. The lowest BCUT2D eigenvalue weighted by atomic mass is 9.78. The van der Waals surface area contributed by atoms with Crippen molar-refractivity contribution < 1.29 is 8.78 Å². The Labute approximate surface area is 163 Å². The Morgan fingerprint density at radius 3 is 2.07 bits per heavy atom. The summed E-state index contributed by atoms with van der Waals surface area (Å²) in [6.07, 6.45) is 10.0. The number of rotatable bonds is 7. The zero-order valence-electron chi connectivity index (χ0n) is 16.7. The molecule has 0 amide bonds. The minimum atomic E-state index is -0.703. The van der Waals surface area contributed by atoms with Crippen molar-refractivity contribution in [1.29, 1.82) is 0 Å². The van der Waals surface area contributed by atoms with Gasteiger partial charge >= 0.3 is 0 Å². The first-order chi connectivity index (χ1) is 13.1. The molecule has 0 atom stereocenters. The Morgan fingerprint density at radius 2 is 1.44 bits per heavy atom. The fourth-order valence-electron chi connectivity index (χ4n) is 4.43. The van der Waals surface area contributed by atoms with Crippen LogP contribution in [0.1, 0.15) is 69.9 Å². The van der Waals surface area contributed by atoms with Gasteiger partial charge in [-0.2, -0.15) is 0 Å². The third kappa shape index (κ3) is 4.97. The molecule has 1 saturated carbocycles. The molecule has 3 rings (SSSR count). The van der Waals surface area contributed by atoms with Crippen molar-refractivity contribution in [2.45, 2.75) is 71.6 Å². The lowest BCUT2D eigenvalue weighted by molar-refractivity contribution is 0.258. The first kappa shape index (κ1) is 20.0. The molecule has 1 aliphatic carbocycles. The maximum Gasteiger partial charge on any atom is 0.166 e. The van der Waals surface area contributed by atoms with E-state index < -0.39 is 11.6 Å². The van der Waals surface area contributed by atoms with Crippen molar-refractivity contribution >= 4 is 0 Å². The molecular weight excluding hydrogens is 338 g/mol. The van der Waals surface area contributed by atoms with Crippen molar-refractivity contribution in [3.63, 3.8) is 0 Å². The molecule has 0 aromatic heterocycles. The van der Waals surface area contributed by atoms with Crippen LogP contribution >= 0.6 is 0 Å². The highest BCUT2D eigenvalue weighted by molar-refractivity contribution is 5.65. The van der Waals surface area contributed by atoms with Crippen LogP contribution in [0.2, 0.25) is 0 Å². The lowest BCUT2D eigenvalue weighted by Gasteiger charge is -2.27. The molecule has 0 saturated heterocycles. The van der Waals surface area contributed by atoms with Gasteiger partial charge in [0.05, 0.1) is 0 Å². The molecule has 0 nitrogen and oxygen atoms in total. The first-order valence-corrected chi connectivity index (χ1v) is 10.7. The first-order valence-electron chi connectivity index (χ1n) is 10.7. The Kier molecular flexibility index (Phi) is 7.04. The van der Waals surface area contributed by atoms with Crippen LogP contribution in [0.15, 0.2) is 36.4 Å². The molecule has 1 aliphatic rings. The van der Waals surface area contributed by atoms with Gasteiger partial charge in [-0.3, -0.25) is 0 Å². The van der Waals surface area contributed by atoms with Crippen molar-refractivity contribution in [3.8, 4) is 11.1 Å². The second-order valence-electron chi connectivity index (χ2n) is 8.18. The van der Waals surface area contributed by atoms with E-state index in [2.05, 4.69) is 13.8 Å². The van der Waals surface area contributed by atoms with E-state index in [1.807, 2.05) is 24.3 Å². The van der Waals surface area contributed by atoms with Crippen LogP contribution in [0.4, 0.5) is 8.78 Å². The summed E-state index contributed by atoms with van der Waals surface area (Å²) < 4.78 is 29.3. The summed E-state index contributed by atoms with van der Waals surface area (Å²) in [5, 5.41) is 0. The van der Waals surface area contributed by atoms with Crippen molar-refractivity contribution in [2.75, 3.05) is 0 Å². The average Bonchev–Trinajstić information content (AvgIpc) is 2.70. The Hall–Kier alpha value is -1.70. The predicted octanol–water partition coefficient (Wildman–Crippen LogP) is 7.73. The van der Waals surface area contributed by atoms with E-state index in [4.69, 9.17) is 0 Å². The number of aryl methyl sites for hydroxylation is 2. The third-order valence-electron chi connectivity index (χ3n) is 6.33. The molecule has 0 spiro atoms. The van der Waals surface area contributed by atoms with Crippen LogP contribution < -0.4 is 0 Å². The van der Waals surface area contributed by atoms with Gasteiger partial charge in [-0.1, -0.05) is 88.8 Å². The Morgan fingerprint density at radius 1 is 0.778 bits per heavy atom. The molecular formula is C25H32F2. The van der Waals surface area contributed by atoms with Crippen molar-refractivity contribution in [2.24, 2.45) is 11.8 Å². The van der Waals surface area contributed by atoms with Crippen LogP contribution in [0.5, 0.6) is 0 Å². The van der Waals surface area contributed by atoms with Gasteiger partial charge in [-0.25, -0.2) is 8.78 Å². The maximum absolute atomic E-state index is 14.7. The molecule has 0 bridgehead atoms. The lowest BCUT2D eigenvalue weighted by Crippen LogP contribution is -2.14.